The van der Waals surface area contributed by atoms with Crippen LogP contribution in [0.5, 0.6) is 0 Å². The summed E-state index contributed by atoms with van der Waals surface area (Å²) in [5, 5.41) is 8.29. The van der Waals surface area contributed by atoms with E-state index in [4.69, 9.17) is 0 Å². The van der Waals surface area contributed by atoms with Gasteiger partial charge in [-0.25, -0.2) is 0 Å². The smallest absolute Gasteiger partial charge is 0.261 e. The lowest BCUT2D eigenvalue weighted by Crippen LogP contribution is -2.21. The molecule has 0 saturated carbocycles. The zero-order chi connectivity index (χ0) is 9.80. The Kier molecular flexibility index (Phi) is 2.60. The molecule has 14 heavy (non-hydrogen) atoms. The second-order valence-corrected chi connectivity index (χ2v) is 3.60. The first-order valence-electron chi connectivity index (χ1n) is 4.07. The van der Waals surface area contributed by atoms with Crippen molar-refractivity contribution >= 4 is 17.2 Å². The number of carbonyl (C=O) groups excluding carboxylic acids is 1. The first kappa shape index (κ1) is 8.96. The highest BCUT2D eigenvalue weighted by atomic mass is 32.1. The summed E-state index contributed by atoms with van der Waals surface area (Å²) in [5.41, 5.74) is 0.718. The molecule has 0 spiro atoms. The molecule has 0 unspecified atom stereocenters. The fraction of sp³-hybridized carbons (Fsp3) is 0.111. The van der Waals surface area contributed by atoms with Gasteiger partial charge in [-0.15, -0.1) is 11.3 Å². The lowest BCUT2D eigenvalue weighted by Gasteiger charge is -1.98. The Hall–Kier alpha value is -1.62. The van der Waals surface area contributed by atoms with Crippen LogP contribution in [0.25, 0.3) is 0 Å². The fourth-order valence-corrected chi connectivity index (χ4v) is 1.63. The molecule has 1 amide bonds. The first-order chi connectivity index (χ1) is 6.86. The van der Waals surface area contributed by atoms with Gasteiger partial charge in [0.2, 0.25) is 0 Å². The van der Waals surface area contributed by atoms with Crippen molar-refractivity contribution < 1.29 is 9.32 Å². The van der Waals surface area contributed by atoms with Crippen LogP contribution in [0, 0.1) is 0 Å². The maximum Gasteiger partial charge on any atom is 0.261 e. The van der Waals surface area contributed by atoms with Crippen LogP contribution in [-0.4, -0.2) is 11.1 Å². The van der Waals surface area contributed by atoms with Crippen LogP contribution in [0.3, 0.4) is 0 Å². The van der Waals surface area contributed by atoms with Gasteiger partial charge in [-0.05, 0) is 11.4 Å². The summed E-state index contributed by atoms with van der Waals surface area (Å²) in [6, 6.07) is 5.34. The minimum atomic E-state index is -0.0806. The van der Waals surface area contributed by atoms with E-state index in [-0.39, 0.29) is 5.91 Å². The minimum Gasteiger partial charge on any atom is -0.364 e. The zero-order valence-electron chi connectivity index (χ0n) is 7.27. The molecule has 0 aliphatic rings. The summed E-state index contributed by atoms with van der Waals surface area (Å²) in [4.78, 5) is 12.1. The number of hydrogen-bond acceptors (Lipinski definition) is 4. The summed E-state index contributed by atoms with van der Waals surface area (Å²) >= 11 is 1.41. The van der Waals surface area contributed by atoms with E-state index in [1.807, 2.05) is 11.4 Å². The van der Waals surface area contributed by atoms with E-state index >= 15 is 0 Å². The quantitative estimate of drug-likeness (QED) is 0.834. The van der Waals surface area contributed by atoms with Gasteiger partial charge in [0.25, 0.3) is 5.91 Å². The molecule has 72 valence electrons. The first-order valence-corrected chi connectivity index (χ1v) is 4.95. The van der Waals surface area contributed by atoms with E-state index in [1.165, 1.54) is 17.6 Å². The average Bonchev–Trinajstić information content (AvgIpc) is 2.87. The Balaban J connectivity index is 1.90. The summed E-state index contributed by atoms with van der Waals surface area (Å²) in [5.74, 6) is -0.0806. The van der Waals surface area contributed by atoms with Crippen molar-refractivity contribution in [3.63, 3.8) is 0 Å². The molecular formula is C9H8N2O2S. The Labute approximate surface area is 84.5 Å². The van der Waals surface area contributed by atoms with Crippen LogP contribution in [0.15, 0.2) is 34.4 Å². The van der Waals surface area contributed by atoms with Crippen molar-refractivity contribution in [2.24, 2.45) is 0 Å². The van der Waals surface area contributed by atoms with E-state index < -0.39 is 0 Å². The van der Waals surface area contributed by atoms with Gasteiger partial charge in [0.1, 0.15) is 12.0 Å². The fourth-order valence-electron chi connectivity index (χ4n) is 0.994. The highest BCUT2D eigenvalue weighted by Gasteiger charge is 2.06. The molecule has 1 N–H and O–H groups in total. The van der Waals surface area contributed by atoms with Gasteiger partial charge in [0.15, 0.2) is 0 Å². The largest absolute Gasteiger partial charge is 0.364 e. The number of amides is 1. The molecule has 0 aliphatic heterocycles. The van der Waals surface area contributed by atoms with Crippen LogP contribution in [-0.2, 0) is 6.54 Å². The molecule has 0 aromatic carbocycles. The van der Waals surface area contributed by atoms with Crippen LogP contribution >= 0.6 is 11.3 Å². The summed E-state index contributed by atoms with van der Waals surface area (Å²) in [6.45, 7) is 0.396. The lowest BCUT2D eigenvalue weighted by molar-refractivity contribution is 0.0954. The van der Waals surface area contributed by atoms with Crippen molar-refractivity contribution in [3.05, 3.63) is 40.4 Å². The molecular weight excluding hydrogens is 200 g/mol. The van der Waals surface area contributed by atoms with Gasteiger partial charge in [0.05, 0.1) is 11.4 Å². The molecule has 5 heteroatoms. The van der Waals surface area contributed by atoms with Crippen molar-refractivity contribution in [1.29, 1.82) is 0 Å². The Morgan fingerprint density at radius 2 is 2.50 bits per heavy atom. The highest BCUT2D eigenvalue weighted by molar-refractivity contribution is 7.12. The molecule has 0 radical (unpaired) electrons. The van der Waals surface area contributed by atoms with Gasteiger partial charge in [0, 0.05) is 6.07 Å². The summed E-state index contributed by atoms with van der Waals surface area (Å²) in [7, 11) is 0. The van der Waals surface area contributed by atoms with Gasteiger partial charge in [-0.3, -0.25) is 4.79 Å². The van der Waals surface area contributed by atoms with Gasteiger partial charge in [-0.2, -0.15) is 0 Å². The second kappa shape index (κ2) is 4.06. The molecule has 0 bridgehead atoms. The minimum absolute atomic E-state index is 0.0806. The number of thiophene rings is 1. The van der Waals surface area contributed by atoms with Crippen LogP contribution in [0.2, 0.25) is 0 Å². The van der Waals surface area contributed by atoms with E-state index in [1.54, 1.807) is 12.1 Å². The van der Waals surface area contributed by atoms with Crippen molar-refractivity contribution in [3.8, 4) is 0 Å². The summed E-state index contributed by atoms with van der Waals surface area (Å²) < 4.78 is 4.64. The van der Waals surface area contributed by atoms with Crippen LogP contribution in [0.4, 0.5) is 0 Å². The maximum absolute atomic E-state index is 11.4. The van der Waals surface area contributed by atoms with Gasteiger partial charge in [-0.1, -0.05) is 11.2 Å². The Morgan fingerprint density at radius 3 is 3.14 bits per heavy atom. The van der Waals surface area contributed by atoms with Crippen molar-refractivity contribution in [2.75, 3.05) is 0 Å². The highest BCUT2D eigenvalue weighted by Crippen LogP contribution is 2.07. The van der Waals surface area contributed by atoms with Crippen LogP contribution < -0.4 is 5.32 Å². The number of hydrogen-bond donors (Lipinski definition) is 1. The standard InChI is InChI=1S/C9H8N2O2S/c12-9(8-2-1-5-14-8)10-6-7-3-4-13-11-7/h1-5H,6H2,(H,10,12). The maximum atomic E-state index is 11.4. The van der Waals surface area contributed by atoms with Gasteiger partial charge < -0.3 is 9.84 Å². The third kappa shape index (κ3) is 2.00. The van der Waals surface area contributed by atoms with Crippen molar-refractivity contribution in [1.82, 2.24) is 10.5 Å². The second-order valence-electron chi connectivity index (χ2n) is 2.65. The molecule has 2 rings (SSSR count). The number of carbonyl (C=O) groups is 1. The topological polar surface area (TPSA) is 55.1 Å². The zero-order valence-corrected chi connectivity index (χ0v) is 8.08. The molecule has 4 nitrogen and oxygen atoms in total. The van der Waals surface area contributed by atoms with E-state index in [2.05, 4.69) is 15.0 Å². The Morgan fingerprint density at radius 1 is 1.57 bits per heavy atom. The average molecular weight is 208 g/mol. The van der Waals surface area contributed by atoms with E-state index in [0.29, 0.717) is 11.4 Å². The number of rotatable bonds is 3. The van der Waals surface area contributed by atoms with Crippen LogP contribution in [0.1, 0.15) is 15.4 Å². The van der Waals surface area contributed by atoms with Crippen molar-refractivity contribution in [2.45, 2.75) is 6.54 Å². The third-order valence-corrected chi connectivity index (χ3v) is 2.53. The normalized spacial score (nSPS) is 10.0. The predicted octanol–water partition coefficient (Wildman–Crippen LogP) is 1.67. The van der Waals surface area contributed by atoms with Gasteiger partial charge >= 0.3 is 0 Å². The third-order valence-electron chi connectivity index (χ3n) is 1.67. The number of aromatic nitrogens is 1. The molecule has 0 fully saturated rings. The lowest BCUT2D eigenvalue weighted by atomic mass is 10.4. The monoisotopic (exact) mass is 208 g/mol. The molecule has 2 aromatic heterocycles. The SMILES string of the molecule is O=C(NCc1ccon1)c1cccs1. The van der Waals surface area contributed by atoms with E-state index in [9.17, 15) is 4.79 Å². The number of nitrogens with zero attached hydrogens (tertiary/aromatic N) is 1. The molecule has 0 saturated heterocycles. The Bertz CT molecular complexity index is 394. The summed E-state index contributed by atoms with van der Waals surface area (Å²) in [6.07, 6.45) is 1.48. The molecule has 2 aromatic rings. The molecule has 2 heterocycles. The molecule has 0 aliphatic carbocycles. The predicted molar refractivity (Wildman–Crippen MR) is 52.0 cm³/mol. The van der Waals surface area contributed by atoms with E-state index in [0.717, 1.165) is 5.69 Å². The molecule has 0 atom stereocenters. The number of nitrogens with one attached hydrogen (secondary N) is 1.